The number of amides is 1. The van der Waals surface area contributed by atoms with E-state index in [9.17, 15) is 4.79 Å². The summed E-state index contributed by atoms with van der Waals surface area (Å²) in [5.74, 6) is 2.34. The summed E-state index contributed by atoms with van der Waals surface area (Å²) in [6.07, 6.45) is 7.08. The second-order valence-corrected chi connectivity index (χ2v) is 6.26. The summed E-state index contributed by atoms with van der Waals surface area (Å²) < 4.78 is 13.2. The Hall–Kier alpha value is -3.09. The zero-order valence-corrected chi connectivity index (χ0v) is 14.5. The number of carbonyl (C=O) groups excluding carboxylic acids is 1. The third kappa shape index (κ3) is 3.20. The molecule has 4 rings (SSSR count). The minimum absolute atomic E-state index is 0.0508. The first-order valence-corrected chi connectivity index (χ1v) is 8.61. The molecule has 0 aliphatic carbocycles. The molecule has 1 atom stereocenters. The highest BCUT2D eigenvalue weighted by atomic mass is 16.5. The van der Waals surface area contributed by atoms with E-state index in [0.717, 1.165) is 17.3 Å². The molecule has 0 saturated carbocycles. The van der Waals surface area contributed by atoms with Crippen molar-refractivity contribution >= 4 is 5.91 Å². The summed E-state index contributed by atoms with van der Waals surface area (Å²) in [6.45, 7) is 3.77. The lowest BCUT2D eigenvalue weighted by Gasteiger charge is -2.34. The Balaban J connectivity index is 1.45. The highest BCUT2D eigenvalue weighted by molar-refractivity contribution is 5.78. The molecule has 0 fully saturated rings. The van der Waals surface area contributed by atoms with Crippen LogP contribution < -0.4 is 4.74 Å². The van der Waals surface area contributed by atoms with Crippen molar-refractivity contribution in [3.05, 3.63) is 66.4 Å². The van der Waals surface area contributed by atoms with Gasteiger partial charge in [0.15, 0.2) is 0 Å². The molecule has 1 amide bonds. The van der Waals surface area contributed by atoms with Gasteiger partial charge in [-0.05, 0) is 31.2 Å². The van der Waals surface area contributed by atoms with Crippen molar-refractivity contribution in [2.45, 2.75) is 32.5 Å². The number of hydrogen-bond donors (Lipinski definition) is 0. The van der Waals surface area contributed by atoms with Gasteiger partial charge in [-0.15, -0.1) is 0 Å². The minimum atomic E-state index is -0.0849. The smallest absolute Gasteiger partial charge is 0.230 e. The van der Waals surface area contributed by atoms with Crippen LogP contribution in [0.3, 0.4) is 0 Å². The summed E-state index contributed by atoms with van der Waals surface area (Å²) >= 11 is 0. The molecule has 26 heavy (non-hydrogen) atoms. The Morgan fingerprint density at radius 3 is 3.00 bits per heavy atom. The van der Waals surface area contributed by atoms with Crippen molar-refractivity contribution in [3.63, 3.8) is 0 Å². The molecule has 0 spiro atoms. The van der Waals surface area contributed by atoms with E-state index >= 15 is 0 Å². The number of aromatic nitrogens is 3. The van der Waals surface area contributed by atoms with E-state index in [1.54, 1.807) is 24.7 Å². The monoisotopic (exact) mass is 352 g/mol. The molecule has 0 aromatic carbocycles. The van der Waals surface area contributed by atoms with E-state index in [2.05, 4.69) is 14.5 Å². The van der Waals surface area contributed by atoms with Crippen molar-refractivity contribution in [3.8, 4) is 5.75 Å². The van der Waals surface area contributed by atoms with Gasteiger partial charge in [0.2, 0.25) is 5.91 Å². The molecule has 4 heterocycles. The van der Waals surface area contributed by atoms with Gasteiger partial charge < -0.3 is 18.6 Å². The lowest BCUT2D eigenvalue weighted by atomic mass is 10.1. The number of pyridine rings is 1. The zero-order valence-electron chi connectivity index (χ0n) is 14.5. The summed E-state index contributed by atoms with van der Waals surface area (Å²) in [5.41, 5.74) is 0.994. The van der Waals surface area contributed by atoms with Crippen LogP contribution in [0, 0.1) is 0 Å². The Morgan fingerprint density at radius 2 is 2.23 bits per heavy atom. The van der Waals surface area contributed by atoms with Gasteiger partial charge in [0, 0.05) is 19.3 Å². The fourth-order valence-electron chi connectivity index (χ4n) is 3.27. The van der Waals surface area contributed by atoms with Crippen LogP contribution in [0.1, 0.15) is 30.2 Å². The fourth-order valence-corrected chi connectivity index (χ4v) is 3.27. The first kappa shape index (κ1) is 16.4. The van der Waals surface area contributed by atoms with E-state index in [0.29, 0.717) is 25.5 Å². The van der Waals surface area contributed by atoms with Gasteiger partial charge in [-0.1, -0.05) is 0 Å². The maximum Gasteiger partial charge on any atom is 0.230 e. The highest BCUT2D eigenvalue weighted by Crippen LogP contribution is 2.26. The number of furan rings is 1. The van der Waals surface area contributed by atoms with E-state index < -0.39 is 0 Å². The van der Waals surface area contributed by atoms with Crippen LogP contribution in [0.25, 0.3) is 0 Å². The molecule has 1 aliphatic heterocycles. The van der Waals surface area contributed by atoms with Crippen molar-refractivity contribution in [2.75, 3.05) is 6.54 Å². The standard InChI is InChI=1S/C19H20N4O3/c1-14-19-21-11-15(13-26-17-4-2-6-20-12-17)23(19)8-7-22(14)18(24)10-16-5-3-9-25-16/h2-6,9,11-12,14H,7-8,10,13H2,1H3/t14-/m0/s1. The summed E-state index contributed by atoms with van der Waals surface area (Å²) in [4.78, 5) is 23.0. The van der Waals surface area contributed by atoms with Gasteiger partial charge in [0.1, 0.15) is 23.9 Å². The van der Waals surface area contributed by atoms with Crippen LogP contribution in [0.5, 0.6) is 5.75 Å². The molecular weight excluding hydrogens is 332 g/mol. The lowest BCUT2D eigenvalue weighted by Crippen LogP contribution is -2.42. The van der Waals surface area contributed by atoms with Crippen LogP contribution >= 0.6 is 0 Å². The third-order valence-electron chi connectivity index (χ3n) is 4.62. The lowest BCUT2D eigenvalue weighted by molar-refractivity contribution is -0.134. The quantitative estimate of drug-likeness (QED) is 0.706. The van der Waals surface area contributed by atoms with Gasteiger partial charge in [-0.25, -0.2) is 4.98 Å². The first-order chi connectivity index (χ1) is 12.7. The van der Waals surface area contributed by atoms with E-state index in [1.165, 1.54) is 0 Å². The van der Waals surface area contributed by atoms with Crippen molar-refractivity contribution in [1.82, 2.24) is 19.4 Å². The van der Waals surface area contributed by atoms with Crippen LogP contribution in [0.15, 0.2) is 53.5 Å². The molecule has 0 N–H and O–H groups in total. The van der Waals surface area contributed by atoms with Crippen LogP contribution in [-0.2, 0) is 24.4 Å². The summed E-state index contributed by atoms with van der Waals surface area (Å²) in [7, 11) is 0. The number of fused-ring (bicyclic) bond motifs is 1. The molecule has 3 aromatic heterocycles. The molecule has 3 aromatic rings. The number of rotatable bonds is 5. The Labute approximate surface area is 151 Å². The van der Waals surface area contributed by atoms with Gasteiger partial charge in [0.05, 0.1) is 36.8 Å². The molecule has 134 valence electrons. The predicted octanol–water partition coefficient (Wildman–Crippen LogP) is 2.60. The molecule has 1 aliphatic rings. The fraction of sp³-hybridized carbons (Fsp3) is 0.316. The first-order valence-electron chi connectivity index (χ1n) is 8.61. The molecular formula is C19H20N4O3. The number of carbonyl (C=O) groups is 1. The maximum absolute atomic E-state index is 12.6. The molecule has 7 heteroatoms. The predicted molar refractivity (Wildman–Crippen MR) is 93.3 cm³/mol. The second kappa shape index (κ2) is 7.03. The van der Waals surface area contributed by atoms with Crippen molar-refractivity contribution in [2.24, 2.45) is 0 Å². The average molecular weight is 352 g/mol. The van der Waals surface area contributed by atoms with Gasteiger partial charge in [-0.2, -0.15) is 0 Å². The normalized spacial score (nSPS) is 16.3. The van der Waals surface area contributed by atoms with Crippen molar-refractivity contribution in [1.29, 1.82) is 0 Å². The van der Waals surface area contributed by atoms with Gasteiger partial charge in [-0.3, -0.25) is 9.78 Å². The maximum atomic E-state index is 12.6. The van der Waals surface area contributed by atoms with Gasteiger partial charge in [0.25, 0.3) is 0 Å². The Bertz CT molecular complexity index is 874. The largest absolute Gasteiger partial charge is 0.486 e. The number of nitrogens with zero attached hydrogens (tertiary/aromatic N) is 4. The van der Waals surface area contributed by atoms with E-state index in [1.807, 2.05) is 36.2 Å². The van der Waals surface area contributed by atoms with E-state index in [4.69, 9.17) is 9.15 Å². The van der Waals surface area contributed by atoms with Gasteiger partial charge >= 0.3 is 0 Å². The van der Waals surface area contributed by atoms with Crippen LogP contribution in [0.2, 0.25) is 0 Å². The second-order valence-electron chi connectivity index (χ2n) is 6.26. The topological polar surface area (TPSA) is 73.4 Å². The summed E-state index contributed by atoms with van der Waals surface area (Å²) in [6, 6.07) is 7.24. The average Bonchev–Trinajstić information content (AvgIpc) is 3.31. The molecule has 0 radical (unpaired) electrons. The summed E-state index contributed by atoms with van der Waals surface area (Å²) in [5, 5.41) is 0. The third-order valence-corrected chi connectivity index (χ3v) is 4.62. The molecule has 0 bridgehead atoms. The van der Waals surface area contributed by atoms with E-state index in [-0.39, 0.29) is 18.4 Å². The zero-order chi connectivity index (χ0) is 17.9. The molecule has 7 nitrogen and oxygen atoms in total. The number of ether oxygens (including phenoxy) is 1. The van der Waals surface area contributed by atoms with Crippen molar-refractivity contribution < 1.29 is 13.9 Å². The van der Waals surface area contributed by atoms with Crippen LogP contribution in [0.4, 0.5) is 0 Å². The Kier molecular flexibility index (Phi) is 4.43. The molecule has 0 unspecified atom stereocenters. The minimum Gasteiger partial charge on any atom is -0.486 e. The van der Waals surface area contributed by atoms with Crippen LogP contribution in [-0.4, -0.2) is 31.9 Å². The number of hydrogen-bond acceptors (Lipinski definition) is 5. The number of imidazole rings is 1. The Morgan fingerprint density at radius 1 is 1.31 bits per heavy atom. The molecule has 0 saturated heterocycles. The highest BCUT2D eigenvalue weighted by Gasteiger charge is 2.30. The SMILES string of the molecule is C[C@H]1c2ncc(COc3cccnc3)n2CCN1C(=O)Cc1ccco1.